The Morgan fingerprint density at radius 2 is 1.77 bits per heavy atom. The second kappa shape index (κ2) is 8.38. The Bertz CT molecular complexity index is 1040. The van der Waals surface area contributed by atoms with Gasteiger partial charge in [-0.1, -0.05) is 43.7 Å². The summed E-state index contributed by atoms with van der Waals surface area (Å²) in [5, 5.41) is 7.04. The quantitative estimate of drug-likeness (QED) is 0.504. The second-order valence-corrected chi connectivity index (χ2v) is 8.81. The van der Waals surface area contributed by atoms with E-state index >= 15 is 0 Å². The molecule has 0 atom stereocenters. The zero-order chi connectivity index (χ0) is 20.5. The summed E-state index contributed by atoms with van der Waals surface area (Å²) in [5.41, 5.74) is 1.86. The zero-order valence-corrected chi connectivity index (χ0v) is 17.6. The molecule has 2 aliphatic carbocycles. The predicted octanol–water partition coefficient (Wildman–Crippen LogP) is 6.22. The van der Waals surface area contributed by atoms with Crippen molar-refractivity contribution in [3.63, 3.8) is 0 Å². The summed E-state index contributed by atoms with van der Waals surface area (Å²) in [6.45, 7) is 0. The smallest absolute Gasteiger partial charge is 0.224 e. The molecule has 2 fully saturated rings. The molecule has 0 amide bonds. The summed E-state index contributed by atoms with van der Waals surface area (Å²) in [6.07, 6.45) is 12.4. The summed E-state index contributed by atoms with van der Waals surface area (Å²) in [6, 6.07) is 5.34. The SMILES string of the molecule is Fc1cc(Cl)ccc1Nc1nc2cnc(NC3CCCCC3)nc2n1C1CCCC1. The number of hydrogen-bond acceptors (Lipinski definition) is 5. The number of nitrogens with zero attached hydrogens (tertiary/aromatic N) is 4. The van der Waals surface area contributed by atoms with Crippen molar-refractivity contribution >= 4 is 40.3 Å². The third-order valence-corrected chi connectivity index (χ3v) is 6.47. The molecule has 0 bridgehead atoms. The highest BCUT2D eigenvalue weighted by atomic mass is 35.5. The van der Waals surface area contributed by atoms with E-state index in [1.54, 1.807) is 18.3 Å². The normalized spacial score (nSPS) is 18.2. The predicted molar refractivity (Wildman–Crippen MR) is 118 cm³/mol. The molecule has 158 valence electrons. The maximum atomic E-state index is 14.4. The first-order valence-corrected chi connectivity index (χ1v) is 11.3. The van der Waals surface area contributed by atoms with Gasteiger partial charge in [0.25, 0.3) is 0 Å². The van der Waals surface area contributed by atoms with Gasteiger partial charge in [-0.3, -0.25) is 4.57 Å². The Morgan fingerprint density at radius 3 is 2.53 bits per heavy atom. The van der Waals surface area contributed by atoms with Crippen LogP contribution < -0.4 is 10.6 Å². The molecule has 3 aromatic rings. The van der Waals surface area contributed by atoms with Gasteiger partial charge in [0.2, 0.25) is 11.9 Å². The lowest BCUT2D eigenvalue weighted by Crippen LogP contribution is -2.23. The molecule has 30 heavy (non-hydrogen) atoms. The molecule has 6 nitrogen and oxygen atoms in total. The second-order valence-electron chi connectivity index (χ2n) is 8.37. The molecular formula is C22H26ClFN6. The molecule has 0 spiro atoms. The van der Waals surface area contributed by atoms with Gasteiger partial charge in [0.05, 0.1) is 11.9 Å². The van der Waals surface area contributed by atoms with Crippen LogP contribution in [0.2, 0.25) is 5.02 Å². The van der Waals surface area contributed by atoms with Crippen LogP contribution in [0.3, 0.4) is 0 Å². The minimum atomic E-state index is -0.404. The first-order valence-electron chi connectivity index (χ1n) is 10.9. The van der Waals surface area contributed by atoms with E-state index in [0.29, 0.717) is 40.2 Å². The number of fused-ring (bicyclic) bond motifs is 1. The van der Waals surface area contributed by atoms with Crippen molar-refractivity contribution in [2.75, 3.05) is 10.6 Å². The van der Waals surface area contributed by atoms with Gasteiger partial charge in [0.1, 0.15) is 11.3 Å². The fourth-order valence-corrected chi connectivity index (χ4v) is 4.86. The van der Waals surface area contributed by atoms with Crippen LogP contribution in [0.25, 0.3) is 11.2 Å². The third kappa shape index (κ3) is 3.95. The number of halogens is 2. The fraction of sp³-hybridized carbons (Fsp3) is 0.500. The van der Waals surface area contributed by atoms with Crippen LogP contribution in [-0.2, 0) is 0 Å². The molecule has 2 N–H and O–H groups in total. The van der Waals surface area contributed by atoms with Gasteiger partial charge in [0.15, 0.2) is 5.65 Å². The Morgan fingerprint density at radius 1 is 1.00 bits per heavy atom. The molecule has 2 aliphatic rings. The molecule has 8 heteroatoms. The number of nitrogens with one attached hydrogen (secondary N) is 2. The largest absolute Gasteiger partial charge is 0.351 e. The van der Waals surface area contributed by atoms with Crippen molar-refractivity contribution in [2.45, 2.75) is 69.9 Å². The molecule has 0 saturated heterocycles. The standard InChI is InChI=1S/C22H26ClFN6/c23-14-10-11-18(17(24)12-14)27-22-28-19-13-25-21(26-15-6-2-1-3-7-15)29-20(19)30(22)16-8-4-5-9-16/h10-13,15-16H,1-9H2,(H,27,28)(H,25,26,29). The minimum Gasteiger partial charge on any atom is -0.351 e. The monoisotopic (exact) mass is 428 g/mol. The van der Waals surface area contributed by atoms with E-state index in [9.17, 15) is 4.39 Å². The zero-order valence-electron chi connectivity index (χ0n) is 16.9. The molecule has 0 unspecified atom stereocenters. The fourth-order valence-electron chi connectivity index (χ4n) is 4.70. The maximum Gasteiger partial charge on any atom is 0.224 e. The summed E-state index contributed by atoms with van der Waals surface area (Å²) in [7, 11) is 0. The van der Waals surface area contributed by atoms with E-state index in [-0.39, 0.29) is 0 Å². The van der Waals surface area contributed by atoms with Crippen LogP contribution >= 0.6 is 11.6 Å². The molecule has 5 rings (SSSR count). The van der Waals surface area contributed by atoms with Crippen LogP contribution in [0.15, 0.2) is 24.4 Å². The van der Waals surface area contributed by atoms with Crippen LogP contribution in [0, 0.1) is 5.82 Å². The number of anilines is 3. The van der Waals surface area contributed by atoms with E-state index in [1.165, 1.54) is 38.2 Å². The average molecular weight is 429 g/mol. The lowest BCUT2D eigenvalue weighted by Gasteiger charge is -2.22. The Balaban J connectivity index is 1.51. The van der Waals surface area contributed by atoms with E-state index in [0.717, 1.165) is 31.3 Å². The van der Waals surface area contributed by atoms with Crippen molar-refractivity contribution in [3.05, 3.63) is 35.2 Å². The van der Waals surface area contributed by atoms with E-state index in [4.69, 9.17) is 21.6 Å². The lowest BCUT2D eigenvalue weighted by atomic mass is 9.96. The first-order chi connectivity index (χ1) is 14.7. The highest BCUT2D eigenvalue weighted by Gasteiger charge is 2.25. The number of benzene rings is 1. The van der Waals surface area contributed by atoms with Gasteiger partial charge in [-0.2, -0.15) is 4.98 Å². The minimum absolute atomic E-state index is 0.297. The molecule has 0 radical (unpaired) electrons. The highest BCUT2D eigenvalue weighted by Crippen LogP contribution is 2.36. The number of hydrogen-bond donors (Lipinski definition) is 2. The summed E-state index contributed by atoms with van der Waals surface area (Å²) >= 11 is 5.90. The number of rotatable bonds is 5. The highest BCUT2D eigenvalue weighted by molar-refractivity contribution is 6.30. The van der Waals surface area contributed by atoms with Gasteiger partial charge in [0, 0.05) is 17.1 Å². The molecule has 2 saturated carbocycles. The van der Waals surface area contributed by atoms with Crippen molar-refractivity contribution in [2.24, 2.45) is 0 Å². The van der Waals surface area contributed by atoms with Gasteiger partial charge < -0.3 is 10.6 Å². The Hall–Kier alpha value is -2.41. The van der Waals surface area contributed by atoms with Crippen molar-refractivity contribution < 1.29 is 4.39 Å². The summed E-state index contributed by atoms with van der Waals surface area (Å²) in [4.78, 5) is 14.0. The van der Waals surface area contributed by atoms with Crippen LogP contribution in [0.5, 0.6) is 0 Å². The number of imidazole rings is 1. The van der Waals surface area contributed by atoms with Crippen LogP contribution in [0.4, 0.5) is 22.0 Å². The summed E-state index contributed by atoms with van der Waals surface area (Å²) in [5.74, 6) is 0.846. The average Bonchev–Trinajstić information content (AvgIpc) is 3.38. The molecule has 0 aliphatic heterocycles. The van der Waals surface area contributed by atoms with E-state index in [1.807, 2.05) is 0 Å². The van der Waals surface area contributed by atoms with Crippen molar-refractivity contribution in [1.29, 1.82) is 0 Å². The van der Waals surface area contributed by atoms with Crippen molar-refractivity contribution in [1.82, 2.24) is 19.5 Å². The molecule has 2 aromatic heterocycles. The first kappa shape index (κ1) is 19.5. The van der Waals surface area contributed by atoms with E-state index < -0.39 is 5.82 Å². The van der Waals surface area contributed by atoms with Gasteiger partial charge in [-0.25, -0.2) is 14.4 Å². The van der Waals surface area contributed by atoms with Crippen molar-refractivity contribution in [3.8, 4) is 0 Å². The van der Waals surface area contributed by atoms with Crippen LogP contribution in [0.1, 0.15) is 63.8 Å². The molecular weight excluding hydrogens is 403 g/mol. The lowest BCUT2D eigenvalue weighted by molar-refractivity contribution is 0.461. The van der Waals surface area contributed by atoms with Crippen LogP contribution in [-0.4, -0.2) is 25.6 Å². The maximum absolute atomic E-state index is 14.4. The topological polar surface area (TPSA) is 67.7 Å². The molecule has 1 aromatic carbocycles. The third-order valence-electron chi connectivity index (χ3n) is 6.24. The van der Waals surface area contributed by atoms with Gasteiger partial charge >= 0.3 is 0 Å². The molecule has 2 heterocycles. The Labute approximate surface area is 180 Å². The Kier molecular flexibility index (Phi) is 5.46. The van der Waals surface area contributed by atoms with Gasteiger partial charge in [-0.15, -0.1) is 0 Å². The van der Waals surface area contributed by atoms with Gasteiger partial charge in [-0.05, 0) is 43.9 Å². The van der Waals surface area contributed by atoms with E-state index in [2.05, 4.69) is 20.2 Å². The number of aromatic nitrogens is 4. The summed E-state index contributed by atoms with van der Waals surface area (Å²) < 4.78 is 16.5.